The first-order valence-electron chi connectivity index (χ1n) is 4.45. The topological polar surface area (TPSA) is 25.8 Å². The van der Waals surface area contributed by atoms with Crippen molar-refractivity contribution in [2.75, 3.05) is 0 Å². The van der Waals surface area contributed by atoms with E-state index in [0.29, 0.717) is 5.56 Å². The standard InChI is InChI=1S/C11H6F3N2/c12-11(13,14)10-9(6-15-7-16-10)8-4-2-1-3-5-8/h1-6H. The molecule has 0 aliphatic heterocycles. The lowest BCUT2D eigenvalue weighted by Crippen LogP contribution is -2.10. The Bertz CT molecular complexity index is 480. The first kappa shape index (κ1) is 10.6. The summed E-state index contributed by atoms with van der Waals surface area (Å²) >= 11 is 0. The monoisotopic (exact) mass is 223 g/mol. The minimum Gasteiger partial charge on any atom is -0.233 e. The van der Waals surface area contributed by atoms with Crippen molar-refractivity contribution in [1.82, 2.24) is 9.97 Å². The largest absolute Gasteiger partial charge is 0.434 e. The van der Waals surface area contributed by atoms with Crippen LogP contribution >= 0.6 is 0 Å². The highest BCUT2D eigenvalue weighted by atomic mass is 19.4. The van der Waals surface area contributed by atoms with E-state index in [-0.39, 0.29) is 5.56 Å². The van der Waals surface area contributed by atoms with Crippen LogP contribution in [0.25, 0.3) is 11.1 Å². The van der Waals surface area contributed by atoms with E-state index in [1.54, 1.807) is 30.3 Å². The highest BCUT2D eigenvalue weighted by molar-refractivity contribution is 5.65. The summed E-state index contributed by atoms with van der Waals surface area (Å²) < 4.78 is 37.9. The molecule has 1 heterocycles. The number of aromatic nitrogens is 2. The Labute approximate surface area is 89.8 Å². The predicted molar refractivity (Wildman–Crippen MR) is 51.3 cm³/mol. The number of hydrogen-bond donors (Lipinski definition) is 0. The van der Waals surface area contributed by atoms with Crippen molar-refractivity contribution in [3.05, 3.63) is 48.5 Å². The van der Waals surface area contributed by atoms with Crippen LogP contribution in [0.3, 0.4) is 0 Å². The Hall–Kier alpha value is -1.91. The smallest absolute Gasteiger partial charge is 0.233 e. The molecule has 0 fully saturated rings. The summed E-state index contributed by atoms with van der Waals surface area (Å²) in [6.45, 7) is 0. The zero-order valence-corrected chi connectivity index (χ0v) is 7.99. The third-order valence-electron chi connectivity index (χ3n) is 2.02. The number of benzene rings is 1. The van der Waals surface area contributed by atoms with Gasteiger partial charge in [-0.3, -0.25) is 0 Å². The van der Waals surface area contributed by atoms with Crippen molar-refractivity contribution in [2.24, 2.45) is 0 Å². The van der Waals surface area contributed by atoms with Crippen LogP contribution in [0.4, 0.5) is 13.2 Å². The summed E-state index contributed by atoms with van der Waals surface area (Å²) in [7, 11) is 0. The molecule has 81 valence electrons. The number of halogens is 3. The Morgan fingerprint density at radius 1 is 1.06 bits per heavy atom. The van der Waals surface area contributed by atoms with Crippen molar-refractivity contribution in [2.45, 2.75) is 6.18 Å². The fraction of sp³-hybridized carbons (Fsp3) is 0.0909. The first-order chi connectivity index (χ1) is 7.59. The summed E-state index contributed by atoms with van der Waals surface area (Å²) in [5, 5.41) is 0. The quantitative estimate of drug-likeness (QED) is 0.742. The molecule has 0 aliphatic carbocycles. The Kier molecular flexibility index (Phi) is 2.60. The molecule has 0 saturated carbocycles. The van der Waals surface area contributed by atoms with Gasteiger partial charge in [-0.25, -0.2) is 9.97 Å². The molecule has 1 aromatic carbocycles. The normalized spacial score (nSPS) is 11.4. The van der Waals surface area contributed by atoms with E-state index in [2.05, 4.69) is 9.97 Å². The maximum Gasteiger partial charge on any atom is 0.434 e. The molecule has 0 atom stereocenters. The summed E-state index contributed by atoms with van der Waals surface area (Å²) in [5.74, 6) is 0. The van der Waals surface area contributed by atoms with Crippen LogP contribution in [0.2, 0.25) is 0 Å². The molecule has 0 saturated heterocycles. The molecule has 2 rings (SSSR count). The molecule has 0 spiro atoms. The molecule has 2 nitrogen and oxygen atoms in total. The predicted octanol–water partition coefficient (Wildman–Crippen LogP) is 2.96. The SMILES string of the molecule is FC(F)(F)c1n[c]ncc1-c1ccccc1. The summed E-state index contributed by atoms with van der Waals surface area (Å²) in [4.78, 5) is 6.66. The fourth-order valence-corrected chi connectivity index (χ4v) is 1.34. The average Bonchev–Trinajstić information content (AvgIpc) is 2.29. The van der Waals surface area contributed by atoms with Crippen LogP contribution in [0, 0.1) is 6.33 Å². The molecular weight excluding hydrogens is 217 g/mol. The maximum atomic E-state index is 12.6. The van der Waals surface area contributed by atoms with Crippen molar-refractivity contribution < 1.29 is 13.2 Å². The molecule has 0 aliphatic rings. The second-order valence-electron chi connectivity index (χ2n) is 3.10. The minimum absolute atomic E-state index is 0.0353. The molecular formula is C11H6F3N2. The van der Waals surface area contributed by atoms with E-state index in [1.807, 2.05) is 6.33 Å². The zero-order valence-electron chi connectivity index (χ0n) is 7.99. The van der Waals surface area contributed by atoms with E-state index >= 15 is 0 Å². The lowest BCUT2D eigenvalue weighted by atomic mass is 10.1. The Balaban J connectivity index is 2.58. The zero-order chi connectivity index (χ0) is 11.6. The van der Waals surface area contributed by atoms with Gasteiger partial charge in [-0.15, -0.1) is 0 Å². The minimum atomic E-state index is -4.50. The van der Waals surface area contributed by atoms with Crippen LogP contribution in [0.15, 0.2) is 36.5 Å². The van der Waals surface area contributed by atoms with Gasteiger partial charge in [0.1, 0.15) is 0 Å². The van der Waals surface area contributed by atoms with Gasteiger partial charge in [-0.05, 0) is 5.56 Å². The molecule has 1 aromatic heterocycles. The maximum absolute atomic E-state index is 12.6. The number of rotatable bonds is 1. The van der Waals surface area contributed by atoms with Gasteiger partial charge in [0.15, 0.2) is 12.0 Å². The molecule has 0 unspecified atom stereocenters. The highest BCUT2D eigenvalue weighted by Crippen LogP contribution is 2.34. The van der Waals surface area contributed by atoms with Crippen molar-refractivity contribution in [3.8, 4) is 11.1 Å². The van der Waals surface area contributed by atoms with Gasteiger partial charge in [0.05, 0.1) is 0 Å². The number of nitrogens with zero attached hydrogens (tertiary/aromatic N) is 2. The second kappa shape index (κ2) is 3.92. The van der Waals surface area contributed by atoms with Crippen LogP contribution < -0.4 is 0 Å². The van der Waals surface area contributed by atoms with E-state index in [1.165, 1.54) is 0 Å². The van der Waals surface area contributed by atoms with Gasteiger partial charge in [0.25, 0.3) is 0 Å². The van der Waals surface area contributed by atoms with Crippen LogP contribution in [-0.2, 0) is 6.18 Å². The molecule has 2 aromatic rings. The van der Waals surface area contributed by atoms with Gasteiger partial charge in [-0.1, -0.05) is 30.3 Å². The van der Waals surface area contributed by atoms with Crippen molar-refractivity contribution in [3.63, 3.8) is 0 Å². The molecule has 1 radical (unpaired) electrons. The average molecular weight is 223 g/mol. The van der Waals surface area contributed by atoms with E-state index in [9.17, 15) is 13.2 Å². The van der Waals surface area contributed by atoms with Crippen molar-refractivity contribution >= 4 is 0 Å². The van der Waals surface area contributed by atoms with Gasteiger partial charge < -0.3 is 0 Å². The highest BCUT2D eigenvalue weighted by Gasteiger charge is 2.35. The lowest BCUT2D eigenvalue weighted by Gasteiger charge is -2.10. The van der Waals surface area contributed by atoms with Gasteiger partial charge in [-0.2, -0.15) is 13.2 Å². The van der Waals surface area contributed by atoms with Crippen molar-refractivity contribution in [1.29, 1.82) is 0 Å². The third-order valence-corrected chi connectivity index (χ3v) is 2.02. The molecule has 16 heavy (non-hydrogen) atoms. The van der Waals surface area contributed by atoms with Crippen LogP contribution in [-0.4, -0.2) is 9.97 Å². The molecule has 0 bridgehead atoms. The van der Waals surface area contributed by atoms with Crippen LogP contribution in [0.5, 0.6) is 0 Å². The van der Waals surface area contributed by atoms with Gasteiger partial charge in [0, 0.05) is 11.8 Å². The Morgan fingerprint density at radius 2 is 1.75 bits per heavy atom. The number of hydrogen-bond acceptors (Lipinski definition) is 2. The summed E-state index contributed by atoms with van der Waals surface area (Å²) in [6.07, 6.45) is -1.42. The van der Waals surface area contributed by atoms with Gasteiger partial charge in [0.2, 0.25) is 0 Å². The summed E-state index contributed by atoms with van der Waals surface area (Å²) in [6, 6.07) is 8.20. The lowest BCUT2D eigenvalue weighted by molar-refractivity contribution is -0.140. The molecule has 0 N–H and O–H groups in total. The van der Waals surface area contributed by atoms with E-state index in [4.69, 9.17) is 0 Å². The summed E-state index contributed by atoms with van der Waals surface area (Å²) in [5.41, 5.74) is -0.565. The molecule has 0 amide bonds. The van der Waals surface area contributed by atoms with E-state index in [0.717, 1.165) is 6.20 Å². The first-order valence-corrected chi connectivity index (χ1v) is 4.45. The number of alkyl halides is 3. The van der Waals surface area contributed by atoms with Crippen LogP contribution in [0.1, 0.15) is 5.69 Å². The molecule has 5 heteroatoms. The van der Waals surface area contributed by atoms with E-state index < -0.39 is 11.9 Å². The second-order valence-corrected chi connectivity index (χ2v) is 3.10. The fourth-order valence-electron chi connectivity index (χ4n) is 1.34. The Morgan fingerprint density at radius 3 is 2.38 bits per heavy atom. The van der Waals surface area contributed by atoms with Gasteiger partial charge >= 0.3 is 6.18 Å². The third kappa shape index (κ3) is 2.03.